The molecule has 0 fully saturated rings. The van der Waals surface area contributed by atoms with E-state index in [9.17, 15) is 10.2 Å². The Morgan fingerprint density at radius 1 is 0.331 bits per heavy atom. The Labute approximate surface area is 735 Å². The number of aryl methyl sites for hydroxylation is 4. The van der Waals surface area contributed by atoms with Gasteiger partial charge in [-0.05, 0) is 251 Å². The molecule has 0 aromatic heterocycles. The average molecular weight is 1630 g/mol. The highest BCUT2D eigenvalue weighted by molar-refractivity contribution is 5.73. The third kappa shape index (κ3) is 19.0. The van der Waals surface area contributed by atoms with E-state index in [-0.39, 0.29) is 27.7 Å². The maximum absolute atomic E-state index is 10.7. The molecule has 16 rings (SSSR count). The Morgan fingerprint density at radius 3 is 0.944 bits per heavy atom. The van der Waals surface area contributed by atoms with Gasteiger partial charge < -0.3 is 54.8 Å². The molecular weight excluding hydrogens is 1510 g/mol. The number of hydrogen-bond donors (Lipinski definition) is 9. The number of phenols is 2. The second-order valence-corrected chi connectivity index (χ2v) is 33.5. The van der Waals surface area contributed by atoms with Crippen molar-refractivity contribution in [1.29, 1.82) is 0 Å². The molecule has 124 heavy (non-hydrogen) atoms. The zero-order chi connectivity index (χ0) is 87.9. The zero-order valence-electron chi connectivity index (χ0n) is 73.5. The molecule has 0 amide bonds. The molecule has 1 aliphatic carbocycles. The van der Waals surface area contributed by atoms with Gasteiger partial charge in [0.15, 0.2) is 0 Å². The highest BCUT2D eigenvalue weighted by Gasteiger charge is 2.38. The summed E-state index contributed by atoms with van der Waals surface area (Å²) >= 11 is 0. The summed E-state index contributed by atoms with van der Waals surface area (Å²) in [5.41, 5.74) is 69.5. The van der Waals surface area contributed by atoms with Gasteiger partial charge in [-0.15, -0.1) is 0 Å². The van der Waals surface area contributed by atoms with Crippen LogP contribution in [-0.2, 0) is 41.0 Å². The largest absolute Gasteiger partial charge is 0.508 e. The summed E-state index contributed by atoms with van der Waals surface area (Å²) in [6.07, 6.45) is 10.6. The predicted molar refractivity (Wildman–Crippen MR) is 527 cm³/mol. The van der Waals surface area contributed by atoms with E-state index in [1.54, 1.807) is 24.3 Å². The van der Waals surface area contributed by atoms with Gasteiger partial charge in [-0.3, -0.25) is 0 Å². The van der Waals surface area contributed by atoms with Crippen molar-refractivity contribution in [3.8, 4) is 44.9 Å². The van der Waals surface area contributed by atoms with Crippen LogP contribution in [0.25, 0.3) is 39.0 Å². The first-order chi connectivity index (χ1) is 59.8. The molecule has 15 N–H and O–H groups in total. The van der Waals surface area contributed by atoms with E-state index >= 15 is 0 Å². The van der Waals surface area contributed by atoms with Crippen molar-refractivity contribution in [2.45, 2.75) is 109 Å². The molecular formula is C114H118N8O2. The summed E-state index contributed by atoms with van der Waals surface area (Å²) in [5.74, 6) is 0.140. The number of benzene rings is 15. The van der Waals surface area contributed by atoms with Crippen molar-refractivity contribution in [3.05, 3.63) is 464 Å². The highest BCUT2D eigenvalue weighted by Crippen LogP contribution is 2.49. The van der Waals surface area contributed by atoms with Gasteiger partial charge in [0, 0.05) is 105 Å². The van der Waals surface area contributed by atoms with Crippen molar-refractivity contribution >= 4 is 45.4 Å². The molecule has 626 valence electrons. The third-order valence-electron chi connectivity index (χ3n) is 25.4. The van der Waals surface area contributed by atoms with Gasteiger partial charge >= 0.3 is 0 Å². The van der Waals surface area contributed by atoms with Gasteiger partial charge in [-0.2, -0.15) is 0 Å². The summed E-state index contributed by atoms with van der Waals surface area (Å²) in [6, 6.07) is 120. The summed E-state index contributed by atoms with van der Waals surface area (Å²) in [5, 5.41) is 24.7. The Kier molecular flexibility index (Phi) is 27.4. The maximum Gasteiger partial charge on any atom is 0.122 e. The number of hydrogen-bond acceptors (Lipinski definition) is 10. The van der Waals surface area contributed by atoms with Crippen molar-refractivity contribution < 1.29 is 10.2 Å². The van der Waals surface area contributed by atoms with Crippen LogP contribution < -0.4 is 44.6 Å². The minimum absolute atomic E-state index is 0.0702. The van der Waals surface area contributed by atoms with Gasteiger partial charge in [0.2, 0.25) is 0 Å². The summed E-state index contributed by atoms with van der Waals surface area (Å²) in [6.45, 7) is 18.3. The molecule has 10 heteroatoms. The number of aromatic hydroxyl groups is 2. The number of rotatable bonds is 21. The molecule has 0 heterocycles. The lowest BCUT2D eigenvalue weighted by molar-refractivity contribution is 0.442. The topological polar surface area (TPSA) is 212 Å². The first-order valence-electron chi connectivity index (χ1n) is 42.9. The van der Waals surface area contributed by atoms with Crippen LogP contribution in [-0.4, -0.2) is 31.4 Å². The van der Waals surface area contributed by atoms with E-state index < -0.39 is 5.41 Å². The number of nitrogens with one attached hydrogen (secondary N) is 1. The SMILES string of the molecule is CC(c1ccc(-c2ccccc2)cc1)(c1ccc(N)cc1O)c1ccc(N)cc1O.CC(c1ccc(N)cc1)(c1ccc(N)cc1)c1ccc(C2=CC=CCC2)cc1.CCc1cc(C(C)(c2ccc(-c3ccccc3)cc2)c2cc(C)c(N)c(CC)c2)cc(C)c1N.CNCc1ccc(C(C)(c2ccc(-c3ccccc3)cc2)c2ccc(N(C)C)cc2)cc1. The molecule has 0 radical (unpaired) electrons. The highest BCUT2D eigenvalue weighted by atomic mass is 16.3. The molecule has 0 bridgehead atoms. The molecule has 0 aliphatic heterocycles. The normalized spacial score (nSPS) is 12.4. The van der Waals surface area contributed by atoms with Gasteiger partial charge in [0.05, 0.1) is 0 Å². The lowest BCUT2D eigenvalue weighted by Gasteiger charge is -2.34. The molecule has 1 unspecified atom stereocenters. The second-order valence-electron chi connectivity index (χ2n) is 33.5. The quantitative estimate of drug-likeness (QED) is 0.0245. The van der Waals surface area contributed by atoms with Gasteiger partial charge in [-0.1, -0.05) is 317 Å². The first kappa shape index (κ1) is 87.7. The van der Waals surface area contributed by atoms with Crippen LogP contribution in [0.4, 0.5) is 39.8 Å². The molecule has 15 aromatic rings. The summed E-state index contributed by atoms with van der Waals surface area (Å²) in [7, 11) is 6.15. The van der Waals surface area contributed by atoms with Crippen LogP contribution in [0.1, 0.15) is 155 Å². The molecule has 15 aromatic carbocycles. The molecule has 10 nitrogen and oxygen atoms in total. The number of allylic oxidation sites excluding steroid dienone is 4. The lowest BCUT2D eigenvalue weighted by Crippen LogP contribution is -2.26. The van der Waals surface area contributed by atoms with Crippen LogP contribution in [0.3, 0.4) is 0 Å². The Balaban J connectivity index is 0.000000142. The molecule has 0 saturated carbocycles. The van der Waals surface area contributed by atoms with Gasteiger partial charge in [-0.25, -0.2) is 0 Å². The predicted octanol–water partition coefficient (Wildman–Crippen LogP) is 25.3. The smallest absolute Gasteiger partial charge is 0.122 e. The van der Waals surface area contributed by atoms with E-state index in [0.29, 0.717) is 22.5 Å². The third-order valence-corrected chi connectivity index (χ3v) is 25.4. The number of nitrogen functional groups attached to an aromatic ring is 6. The van der Waals surface area contributed by atoms with Gasteiger partial charge in [0.1, 0.15) is 11.5 Å². The minimum atomic E-state index is -0.829. The summed E-state index contributed by atoms with van der Waals surface area (Å²) in [4.78, 5) is 2.14. The Bertz CT molecular complexity index is 5990. The van der Waals surface area contributed by atoms with E-state index in [1.807, 2.05) is 80.7 Å². The van der Waals surface area contributed by atoms with E-state index in [2.05, 4.69) is 334 Å². The monoisotopic (exact) mass is 1630 g/mol. The van der Waals surface area contributed by atoms with Crippen molar-refractivity contribution in [3.63, 3.8) is 0 Å². The standard InChI is InChI=1S/C32H36N2.C30H32N2.C26H24N2O2.C26H26N2/c1-6-23-19-28(17-21(3)30(23)33)32(5,29-18-22(4)31(34)24(7-2)20-29)27-15-13-26(14-16-27)25-11-9-8-10-12-25;1-30(26-14-10-23(11-15-26)22-31-2,28-18-20-29(21-19-28)32(3)4)27-16-12-25(13-17-27)24-8-6-5-7-9-24;1-26(22-13-11-20(27)15-24(22)29,23-14-12-21(28)16-25(23)30)19-9-7-18(8-10-19)17-5-3-2-4-6-17;1-26(22-11-15-24(27)16-12-22,23-13-17-25(28)18-14-23)21-9-7-20(8-10-21)19-5-3-2-4-6-19/h8-20H,6-7,33-34H2,1-5H3;5-21,31H,22H2,1-4H3;2-16,29-30H,27-28H2,1H3;2-3,5,7-18H,4,6,27-28H2,1H3. The molecule has 1 aliphatic rings. The van der Waals surface area contributed by atoms with Crippen LogP contribution in [0.2, 0.25) is 0 Å². The van der Waals surface area contributed by atoms with Crippen LogP contribution >= 0.6 is 0 Å². The Morgan fingerprint density at radius 2 is 0.629 bits per heavy atom. The van der Waals surface area contributed by atoms with E-state index in [1.165, 1.54) is 118 Å². The molecule has 1 atom stereocenters. The zero-order valence-corrected chi connectivity index (χ0v) is 73.5. The second kappa shape index (κ2) is 38.8. The average Bonchev–Trinajstić information content (AvgIpc) is 0.619. The fourth-order valence-corrected chi connectivity index (χ4v) is 17.4. The number of nitrogens with two attached hydrogens (primary N) is 6. The van der Waals surface area contributed by atoms with Crippen LogP contribution in [0, 0.1) is 13.8 Å². The van der Waals surface area contributed by atoms with E-state index in [0.717, 1.165) is 82.8 Å². The van der Waals surface area contributed by atoms with E-state index in [4.69, 9.17) is 34.4 Å². The van der Waals surface area contributed by atoms with Crippen molar-refractivity contribution in [2.75, 3.05) is 60.4 Å². The van der Waals surface area contributed by atoms with Crippen molar-refractivity contribution in [2.24, 2.45) is 0 Å². The molecule has 0 spiro atoms. The molecule has 0 saturated heterocycles. The minimum Gasteiger partial charge on any atom is -0.508 e. The maximum atomic E-state index is 10.7. The fraction of sp³-hybridized carbons (Fsp3) is 0.175. The van der Waals surface area contributed by atoms with Crippen LogP contribution in [0.5, 0.6) is 11.5 Å². The summed E-state index contributed by atoms with van der Waals surface area (Å²) < 4.78 is 0. The number of anilines is 7. The van der Waals surface area contributed by atoms with Crippen molar-refractivity contribution in [1.82, 2.24) is 5.32 Å². The first-order valence-corrected chi connectivity index (χ1v) is 42.9. The number of nitrogens with zero attached hydrogens (tertiary/aromatic N) is 1. The fourth-order valence-electron chi connectivity index (χ4n) is 17.4. The van der Waals surface area contributed by atoms with Gasteiger partial charge in [0.25, 0.3) is 0 Å². The number of phenolic OH excluding ortho intramolecular Hbond substituents is 2. The van der Waals surface area contributed by atoms with Crippen LogP contribution in [0.15, 0.2) is 364 Å². The lowest BCUT2D eigenvalue weighted by atomic mass is 9.69. The Hall–Kier alpha value is -14.1.